The molecule has 5 saturated carbocycles. The van der Waals surface area contributed by atoms with Gasteiger partial charge in [-0.2, -0.15) is 0 Å². The Hall–Kier alpha value is -0.420. The minimum absolute atomic E-state index is 0.00197. The minimum Gasteiger partial charge on any atom is -0.393 e. The standard InChI is InChI=1S/C32H56N2O2S/c1-5-9-27-29(30(35)21(3)26-11-6-7-16-32(26,27)4)25-15-14-23(20(25)2)10-8-17-33-31(36)34-37-28-19-22-12-13-24(28)18-22/h20-30,35H,5-19H2,1-4H3,(H2,33,34,36)/t20-,21+,22?,23?,24?,25?,26-,27-,28?,29-,30+,32-/m0/s1. The topological polar surface area (TPSA) is 61.4 Å². The molecule has 5 heteroatoms. The lowest BCUT2D eigenvalue weighted by Crippen LogP contribution is -2.57. The molecule has 5 rings (SSSR count). The third-order valence-electron chi connectivity index (χ3n) is 12.6. The maximum absolute atomic E-state index is 12.4. The Morgan fingerprint density at radius 3 is 2.59 bits per heavy atom. The first-order valence-electron chi connectivity index (χ1n) is 16.2. The second-order valence-corrected chi connectivity index (χ2v) is 15.4. The molecule has 4 nitrogen and oxygen atoms in total. The van der Waals surface area contributed by atoms with E-state index in [2.05, 4.69) is 37.7 Å². The van der Waals surface area contributed by atoms with Gasteiger partial charge in [-0.05, 0) is 135 Å². The fraction of sp³-hybridized carbons (Fsp3) is 0.969. The molecule has 12 atom stereocenters. The molecule has 5 unspecified atom stereocenters. The van der Waals surface area contributed by atoms with Gasteiger partial charge in [0, 0.05) is 11.8 Å². The molecular formula is C32H56N2O2S. The summed E-state index contributed by atoms with van der Waals surface area (Å²) in [5.74, 6) is 6.13. The van der Waals surface area contributed by atoms with Gasteiger partial charge >= 0.3 is 6.03 Å². The largest absolute Gasteiger partial charge is 0.393 e. The van der Waals surface area contributed by atoms with Crippen LogP contribution >= 0.6 is 11.9 Å². The minimum atomic E-state index is -0.128. The number of carbonyl (C=O) groups is 1. The second-order valence-electron chi connectivity index (χ2n) is 14.4. The zero-order valence-corrected chi connectivity index (χ0v) is 25.0. The number of urea groups is 1. The van der Waals surface area contributed by atoms with Crippen molar-refractivity contribution < 1.29 is 9.90 Å². The molecule has 0 aliphatic heterocycles. The molecule has 2 bridgehead atoms. The van der Waals surface area contributed by atoms with Crippen molar-refractivity contribution in [1.82, 2.24) is 10.0 Å². The van der Waals surface area contributed by atoms with Gasteiger partial charge in [-0.1, -0.05) is 53.4 Å². The van der Waals surface area contributed by atoms with Crippen LogP contribution in [0.15, 0.2) is 0 Å². The van der Waals surface area contributed by atoms with Crippen LogP contribution in [-0.4, -0.2) is 29.0 Å². The van der Waals surface area contributed by atoms with E-state index in [-0.39, 0.29) is 12.1 Å². The van der Waals surface area contributed by atoms with E-state index in [1.54, 1.807) is 11.9 Å². The van der Waals surface area contributed by atoms with Crippen LogP contribution in [0.3, 0.4) is 0 Å². The van der Waals surface area contributed by atoms with Crippen LogP contribution < -0.4 is 10.0 Å². The van der Waals surface area contributed by atoms with Gasteiger partial charge in [-0.3, -0.25) is 4.72 Å². The van der Waals surface area contributed by atoms with Crippen LogP contribution in [0.5, 0.6) is 0 Å². The molecule has 0 radical (unpaired) electrons. The van der Waals surface area contributed by atoms with Crippen molar-refractivity contribution in [2.24, 2.45) is 58.7 Å². The number of amides is 2. The number of nitrogens with one attached hydrogen (secondary N) is 2. The molecule has 0 aromatic rings. The normalized spacial score (nSPS) is 47.1. The zero-order chi connectivity index (χ0) is 26.2. The summed E-state index contributed by atoms with van der Waals surface area (Å²) < 4.78 is 3.09. The highest BCUT2D eigenvalue weighted by atomic mass is 32.2. The summed E-state index contributed by atoms with van der Waals surface area (Å²) in [6.45, 7) is 10.6. The second kappa shape index (κ2) is 12.0. The molecule has 212 valence electrons. The molecule has 37 heavy (non-hydrogen) atoms. The highest BCUT2D eigenvalue weighted by molar-refractivity contribution is 7.98. The maximum atomic E-state index is 12.4. The van der Waals surface area contributed by atoms with E-state index in [1.165, 1.54) is 83.5 Å². The number of carbonyl (C=O) groups excluding carboxylic acids is 1. The third-order valence-corrected chi connectivity index (χ3v) is 13.8. The fourth-order valence-corrected chi connectivity index (χ4v) is 11.8. The average Bonchev–Trinajstić information content (AvgIpc) is 3.61. The molecule has 3 N–H and O–H groups in total. The first kappa shape index (κ1) is 28.1. The number of hydrogen-bond acceptors (Lipinski definition) is 3. The summed E-state index contributed by atoms with van der Waals surface area (Å²) in [4.78, 5) is 12.4. The van der Waals surface area contributed by atoms with Crippen LogP contribution in [0.4, 0.5) is 4.79 Å². The highest BCUT2D eigenvalue weighted by Crippen LogP contribution is 2.62. The van der Waals surface area contributed by atoms with Crippen molar-refractivity contribution in [3.05, 3.63) is 0 Å². The molecule has 5 aliphatic carbocycles. The van der Waals surface area contributed by atoms with Gasteiger partial charge in [0.25, 0.3) is 0 Å². The summed E-state index contributed by atoms with van der Waals surface area (Å²) in [6.07, 6.45) is 18.1. The summed E-state index contributed by atoms with van der Waals surface area (Å²) >= 11 is 1.68. The quantitative estimate of drug-likeness (QED) is 0.210. The number of rotatable bonds is 9. The van der Waals surface area contributed by atoms with E-state index in [0.717, 1.165) is 30.7 Å². The lowest BCUT2D eigenvalue weighted by Gasteiger charge is -2.60. The van der Waals surface area contributed by atoms with Crippen LogP contribution in [0, 0.1) is 58.7 Å². The molecule has 5 aliphatic rings. The van der Waals surface area contributed by atoms with Gasteiger partial charge in [0.1, 0.15) is 0 Å². The Kier molecular flexibility index (Phi) is 9.11. The van der Waals surface area contributed by atoms with Crippen LogP contribution in [0.1, 0.15) is 118 Å². The SMILES string of the molecule is CCC[C@H]1[C@H](C2CCC(CCCNC(=O)NSC3CC4CCC3C4)[C@@H]2C)[C@H](O)[C@H](C)[C@@H]2CCCC[C@@]21C. The smallest absolute Gasteiger partial charge is 0.324 e. The Bertz CT molecular complexity index is 778. The van der Waals surface area contributed by atoms with Gasteiger partial charge in [0.2, 0.25) is 0 Å². The lowest BCUT2D eigenvalue weighted by atomic mass is 9.46. The van der Waals surface area contributed by atoms with Gasteiger partial charge in [-0.25, -0.2) is 4.79 Å². The molecule has 0 heterocycles. The first-order valence-corrected chi connectivity index (χ1v) is 17.1. The number of aliphatic hydroxyl groups excluding tert-OH is 1. The number of aliphatic hydroxyl groups is 1. The van der Waals surface area contributed by atoms with Crippen molar-refractivity contribution in [2.75, 3.05) is 6.54 Å². The van der Waals surface area contributed by atoms with Crippen LogP contribution in [0.25, 0.3) is 0 Å². The Morgan fingerprint density at radius 1 is 1.03 bits per heavy atom. The van der Waals surface area contributed by atoms with Crippen molar-refractivity contribution in [3.63, 3.8) is 0 Å². The fourth-order valence-electron chi connectivity index (χ4n) is 10.7. The molecule has 5 fully saturated rings. The van der Waals surface area contributed by atoms with Crippen molar-refractivity contribution in [1.29, 1.82) is 0 Å². The summed E-state index contributed by atoms with van der Waals surface area (Å²) in [5, 5.41) is 15.5. The van der Waals surface area contributed by atoms with Gasteiger partial charge in [0.15, 0.2) is 0 Å². The maximum Gasteiger partial charge on any atom is 0.324 e. The Labute approximate surface area is 231 Å². The van der Waals surface area contributed by atoms with E-state index in [9.17, 15) is 9.90 Å². The van der Waals surface area contributed by atoms with Crippen molar-refractivity contribution >= 4 is 18.0 Å². The summed E-state index contributed by atoms with van der Waals surface area (Å²) in [7, 11) is 0. The highest BCUT2D eigenvalue weighted by Gasteiger charge is 2.57. The number of hydrogen-bond donors (Lipinski definition) is 3. The monoisotopic (exact) mass is 532 g/mol. The van der Waals surface area contributed by atoms with E-state index < -0.39 is 0 Å². The van der Waals surface area contributed by atoms with Gasteiger partial charge in [0.05, 0.1) is 6.10 Å². The molecule has 0 saturated heterocycles. The van der Waals surface area contributed by atoms with E-state index in [0.29, 0.717) is 46.2 Å². The van der Waals surface area contributed by atoms with Crippen LogP contribution in [0.2, 0.25) is 0 Å². The summed E-state index contributed by atoms with van der Waals surface area (Å²) in [5.41, 5.74) is 0.419. The average molecular weight is 533 g/mol. The van der Waals surface area contributed by atoms with E-state index in [4.69, 9.17) is 0 Å². The van der Waals surface area contributed by atoms with Crippen molar-refractivity contribution in [3.8, 4) is 0 Å². The molecule has 0 aromatic heterocycles. The lowest BCUT2D eigenvalue weighted by molar-refractivity contribution is -0.159. The predicted molar refractivity (Wildman–Crippen MR) is 155 cm³/mol. The Morgan fingerprint density at radius 2 is 1.86 bits per heavy atom. The summed E-state index contributed by atoms with van der Waals surface area (Å²) in [6, 6.07) is 0.00197. The first-order chi connectivity index (χ1) is 17.8. The molecule has 2 amide bonds. The zero-order valence-electron chi connectivity index (χ0n) is 24.2. The molecular weight excluding hydrogens is 476 g/mol. The van der Waals surface area contributed by atoms with Gasteiger partial charge < -0.3 is 10.4 Å². The molecule has 0 spiro atoms. The Balaban J connectivity index is 1.10. The van der Waals surface area contributed by atoms with Crippen molar-refractivity contribution in [2.45, 2.75) is 129 Å². The van der Waals surface area contributed by atoms with E-state index >= 15 is 0 Å². The third kappa shape index (κ3) is 5.61. The number of fused-ring (bicyclic) bond motifs is 3. The molecule has 0 aromatic carbocycles. The van der Waals surface area contributed by atoms with E-state index in [1.807, 2.05) is 0 Å². The van der Waals surface area contributed by atoms with Crippen LogP contribution in [-0.2, 0) is 0 Å². The predicted octanol–water partition coefficient (Wildman–Crippen LogP) is 7.80. The van der Waals surface area contributed by atoms with Gasteiger partial charge in [-0.15, -0.1) is 0 Å².